The first-order valence-electron chi connectivity index (χ1n) is 6.32. The lowest BCUT2D eigenvalue weighted by Crippen LogP contribution is -2.43. The van der Waals surface area contributed by atoms with Crippen LogP contribution in [-0.2, 0) is 0 Å². The van der Waals surface area contributed by atoms with Crippen LogP contribution in [0.3, 0.4) is 0 Å². The number of nitrogens with one attached hydrogen (secondary N) is 1. The highest BCUT2D eigenvalue weighted by molar-refractivity contribution is 5.13. The van der Waals surface area contributed by atoms with Crippen molar-refractivity contribution in [1.82, 2.24) is 5.43 Å². The predicted octanol–water partition coefficient (Wildman–Crippen LogP) is 3.00. The van der Waals surface area contributed by atoms with Crippen LogP contribution in [0.4, 0.5) is 0 Å². The smallest absolute Gasteiger partial charge is 0.0447 e. The predicted molar refractivity (Wildman–Crippen MR) is 66.3 cm³/mol. The van der Waals surface area contributed by atoms with Gasteiger partial charge in [-0.15, -0.1) is 0 Å². The van der Waals surface area contributed by atoms with E-state index >= 15 is 0 Å². The summed E-state index contributed by atoms with van der Waals surface area (Å²) in [5.41, 5.74) is 4.55. The second-order valence-electron chi connectivity index (χ2n) is 5.13. The van der Waals surface area contributed by atoms with Gasteiger partial charge in [0, 0.05) is 6.04 Å². The Morgan fingerprint density at radius 1 is 1.20 bits per heavy atom. The van der Waals surface area contributed by atoms with Crippen LogP contribution >= 0.6 is 0 Å². The van der Waals surface area contributed by atoms with Crippen molar-refractivity contribution < 1.29 is 0 Å². The van der Waals surface area contributed by atoms with Gasteiger partial charge in [-0.25, -0.2) is 0 Å². The summed E-state index contributed by atoms with van der Waals surface area (Å²) in [6.07, 6.45) is 8.92. The van der Waals surface area contributed by atoms with Crippen molar-refractivity contribution in [2.45, 2.75) is 58.9 Å². The number of hydrazine groups is 1. The molecule has 0 fully saturated rings. The highest BCUT2D eigenvalue weighted by atomic mass is 15.2. The summed E-state index contributed by atoms with van der Waals surface area (Å²) in [5, 5.41) is 0. The second kappa shape index (κ2) is 6.29. The van der Waals surface area contributed by atoms with Crippen LogP contribution in [0.2, 0.25) is 0 Å². The Labute approximate surface area is 94.3 Å². The highest BCUT2D eigenvalue weighted by Crippen LogP contribution is 2.26. The third-order valence-corrected chi connectivity index (χ3v) is 3.73. The lowest BCUT2D eigenvalue weighted by molar-refractivity contribution is 0.326. The molecule has 0 saturated heterocycles. The molecule has 88 valence electrons. The Bertz CT molecular complexity index is 209. The molecular formula is C13H26N2. The average Bonchev–Trinajstić information content (AvgIpc) is 2.47. The van der Waals surface area contributed by atoms with Crippen LogP contribution in [0.1, 0.15) is 52.9 Å². The van der Waals surface area contributed by atoms with E-state index in [0.717, 1.165) is 0 Å². The molecule has 1 rings (SSSR count). The van der Waals surface area contributed by atoms with Crippen molar-refractivity contribution >= 4 is 0 Å². The van der Waals surface area contributed by atoms with Gasteiger partial charge in [-0.1, -0.05) is 38.8 Å². The fourth-order valence-corrected chi connectivity index (χ4v) is 2.30. The molecule has 15 heavy (non-hydrogen) atoms. The molecule has 0 spiro atoms. The van der Waals surface area contributed by atoms with Gasteiger partial charge in [-0.05, 0) is 37.5 Å². The molecule has 0 aromatic rings. The number of rotatable bonds is 4. The molecule has 0 saturated carbocycles. The van der Waals surface area contributed by atoms with Gasteiger partial charge < -0.3 is 0 Å². The molecule has 3 N–H and O–H groups in total. The number of hydrogen-bond acceptors (Lipinski definition) is 2. The van der Waals surface area contributed by atoms with E-state index in [0.29, 0.717) is 17.9 Å². The maximum Gasteiger partial charge on any atom is 0.0447 e. The summed E-state index contributed by atoms with van der Waals surface area (Å²) in [7, 11) is 0. The summed E-state index contributed by atoms with van der Waals surface area (Å²) >= 11 is 0. The average molecular weight is 210 g/mol. The van der Waals surface area contributed by atoms with E-state index in [2.05, 4.69) is 32.3 Å². The second-order valence-corrected chi connectivity index (χ2v) is 5.13. The molecule has 0 aromatic carbocycles. The van der Waals surface area contributed by atoms with Gasteiger partial charge in [0.25, 0.3) is 0 Å². The van der Waals surface area contributed by atoms with E-state index in [-0.39, 0.29) is 0 Å². The third-order valence-electron chi connectivity index (χ3n) is 3.73. The van der Waals surface area contributed by atoms with E-state index in [9.17, 15) is 0 Å². The molecule has 0 radical (unpaired) electrons. The summed E-state index contributed by atoms with van der Waals surface area (Å²) in [4.78, 5) is 0. The van der Waals surface area contributed by atoms with Crippen LogP contribution in [0, 0.1) is 11.8 Å². The van der Waals surface area contributed by atoms with Crippen molar-refractivity contribution in [1.29, 1.82) is 0 Å². The molecule has 1 aliphatic rings. The van der Waals surface area contributed by atoms with Gasteiger partial charge in [0.2, 0.25) is 0 Å². The molecule has 0 aliphatic heterocycles. The molecule has 0 bridgehead atoms. The van der Waals surface area contributed by atoms with E-state index < -0.39 is 0 Å². The Balaban J connectivity index is 2.67. The molecule has 2 nitrogen and oxygen atoms in total. The summed E-state index contributed by atoms with van der Waals surface area (Å²) < 4.78 is 0. The topological polar surface area (TPSA) is 38.0 Å². The minimum absolute atomic E-state index is 0.378. The van der Waals surface area contributed by atoms with Crippen molar-refractivity contribution in [2.24, 2.45) is 17.7 Å². The van der Waals surface area contributed by atoms with Gasteiger partial charge in [0.15, 0.2) is 0 Å². The summed E-state index contributed by atoms with van der Waals surface area (Å²) in [6.45, 7) is 6.83. The zero-order valence-electron chi connectivity index (χ0n) is 10.4. The normalized spacial score (nSPS) is 22.1. The number of hydrogen-bond donors (Lipinski definition) is 2. The third kappa shape index (κ3) is 3.62. The zero-order valence-corrected chi connectivity index (χ0v) is 10.4. The van der Waals surface area contributed by atoms with Gasteiger partial charge >= 0.3 is 0 Å². The Morgan fingerprint density at radius 3 is 2.53 bits per heavy atom. The monoisotopic (exact) mass is 210 g/mol. The van der Waals surface area contributed by atoms with Crippen LogP contribution < -0.4 is 11.3 Å². The maximum absolute atomic E-state index is 5.70. The lowest BCUT2D eigenvalue weighted by atomic mass is 9.84. The van der Waals surface area contributed by atoms with Gasteiger partial charge in [0.1, 0.15) is 0 Å². The fourth-order valence-electron chi connectivity index (χ4n) is 2.30. The molecule has 0 amide bonds. The van der Waals surface area contributed by atoms with Crippen molar-refractivity contribution in [3.05, 3.63) is 11.6 Å². The first-order valence-corrected chi connectivity index (χ1v) is 6.32. The maximum atomic E-state index is 5.70. The van der Waals surface area contributed by atoms with E-state index in [1.165, 1.54) is 37.7 Å². The van der Waals surface area contributed by atoms with Crippen LogP contribution in [0.5, 0.6) is 0 Å². The van der Waals surface area contributed by atoms with Crippen LogP contribution in [0.15, 0.2) is 11.6 Å². The summed E-state index contributed by atoms with van der Waals surface area (Å²) in [5.74, 6) is 6.99. The number of nitrogens with two attached hydrogens (primary N) is 1. The largest absolute Gasteiger partial charge is 0.271 e. The van der Waals surface area contributed by atoms with Gasteiger partial charge in [-0.3, -0.25) is 11.3 Å². The SMILES string of the molecule is CC(C)C(C)C(NN)C1=CCCCCC1. The molecule has 0 aromatic heterocycles. The van der Waals surface area contributed by atoms with Gasteiger partial charge in [-0.2, -0.15) is 0 Å². The van der Waals surface area contributed by atoms with E-state index in [1.54, 1.807) is 0 Å². The van der Waals surface area contributed by atoms with Crippen molar-refractivity contribution in [3.8, 4) is 0 Å². The van der Waals surface area contributed by atoms with Gasteiger partial charge in [0.05, 0.1) is 0 Å². The standard InChI is InChI=1S/C13H26N2/c1-10(2)11(3)13(15-14)12-8-6-4-5-7-9-12/h8,10-11,13,15H,4-7,9,14H2,1-3H3. The van der Waals surface area contributed by atoms with E-state index in [4.69, 9.17) is 5.84 Å². The molecule has 1 aliphatic carbocycles. The van der Waals surface area contributed by atoms with Crippen LogP contribution in [0.25, 0.3) is 0 Å². The lowest BCUT2D eigenvalue weighted by Gasteiger charge is -2.28. The first-order chi connectivity index (χ1) is 7.16. The molecular weight excluding hydrogens is 184 g/mol. The Kier molecular flexibility index (Phi) is 5.34. The zero-order chi connectivity index (χ0) is 11.3. The molecule has 2 atom stereocenters. The van der Waals surface area contributed by atoms with Crippen LogP contribution in [-0.4, -0.2) is 6.04 Å². The molecule has 0 heterocycles. The minimum atomic E-state index is 0.378. The molecule has 2 heteroatoms. The first kappa shape index (κ1) is 12.7. The highest BCUT2D eigenvalue weighted by Gasteiger charge is 2.22. The Hall–Kier alpha value is -0.340. The minimum Gasteiger partial charge on any atom is -0.271 e. The molecule has 2 unspecified atom stereocenters. The summed E-state index contributed by atoms with van der Waals surface area (Å²) in [6, 6.07) is 0.378. The van der Waals surface area contributed by atoms with E-state index in [1.807, 2.05) is 0 Å². The number of allylic oxidation sites excluding steroid dienone is 1. The van der Waals surface area contributed by atoms with Crippen molar-refractivity contribution in [3.63, 3.8) is 0 Å². The van der Waals surface area contributed by atoms with Crippen molar-refractivity contribution in [2.75, 3.05) is 0 Å². The fraction of sp³-hybridized carbons (Fsp3) is 0.846. The Morgan fingerprint density at radius 2 is 1.93 bits per heavy atom. The quantitative estimate of drug-likeness (QED) is 0.425.